The normalized spacial score (nSPS) is 36.9. The van der Waals surface area contributed by atoms with Crippen molar-refractivity contribution in [2.75, 3.05) is 13.6 Å². The van der Waals surface area contributed by atoms with Crippen LogP contribution >= 0.6 is 0 Å². The van der Waals surface area contributed by atoms with Crippen molar-refractivity contribution in [3.8, 4) is 0 Å². The zero-order valence-electron chi connectivity index (χ0n) is 13.3. The first kappa shape index (κ1) is 15.3. The Labute approximate surface area is 120 Å². The molecule has 0 heterocycles. The average Bonchev–Trinajstić information content (AvgIpc) is 2.73. The van der Waals surface area contributed by atoms with E-state index in [1.807, 2.05) is 0 Å². The smallest absolute Gasteiger partial charge is 0.0135 e. The number of rotatable bonds is 4. The van der Waals surface area contributed by atoms with Crippen molar-refractivity contribution in [1.82, 2.24) is 4.90 Å². The van der Waals surface area contributed by atoms with Gasteiger partial charge in [-0.25, -0.2) is 0 Å². The Morgan fingerprint density at radius 2 is 1.74 bits per heavy atom. The molecular weight excluding hydrogens is 232 g/mol. The van der Waals surface area contributed by atoms with Gasteiger partial charge in [0.2, 0.25) is 0 Å². The van der Waals surface area contributed by atoms with Gasteiger partial charge in [-0.15, -0.1) is 0 Å². The summed E-state index contributed by atoms with van der Waals surface area (Å²) in [5.74, 6) is 2.59. The van der Waals surface area contributed by atoms with Crippen molar-refractivity contribution < 1.29 is 0 Å². The van der Waals surface area contributed by atoms with Crippen molar-refractivity contribution >= 4 is 0 Å². The van der Waals surface area contributed by atoms with Gasteiger partial charge in [0.1, 0.15) is 0 Å². The molecule has 2 fully saturated rings. The molecule has 2 N–H and O–H groups in total. The zero-order valence-corrected chi connectivity index (χ0v) is 13.3. The molecule has 0 saturated heterocycles. The van der Waals surface area contributed by atoms with Crippen LogP contribution < -0.4 is 5.73 Å². The molecule has 2 rings (SSSR count). The Balaban J connectivity index is 1.90. The maximum absolute atomic E-state index is 5.96. The highest BCUT2D eigenvalue weighted by Crippen LogP contribution is 2.35. The second-order valence-electron chi connectivity index (χ2n) is 7.33. The molecule has 112 valence electrons. The lowest BCUT2D eigenvalue weighted by Crippen LogP contribution is -2.43. The lowest BCUT2D eigenvalue weighted by molar-refractivity contribution is 0.128. The molecule has 19 heavy (non-hydrogen) atoms. The van der Waals surface area contributed by atoms with E-state index in [1.54, 1.807) is 0 Å². The van der Waals surface area contributed by atoms with E-state index >= 15 is 0 Å². The maximum Gasteiger partial charge on any atom is 0.0135 e. The van der Waals surface area contributed by atoms with Crippen LogP contribution in [0.4, 0.5) is 0 Å². The van der Waals surface area contributed by atoms with Crippen molar-refractivity contribution in [3.63, 3.8) is 0 Å². The second kappa shape index (κ2) is 7.08. The summed E-state index contributed by atoms with van der Waals surface area (Å²) < 4.78 is 0. The molecule has 2 aliphatic carbocycles. The fourth-order valence-electron chi connectivity index (χ4n) is 4.48. The predicted octanol–water partition coefficient (Wildman–Crippen LogP) is 3.65. The Kier molecular flexibility index (Phi) is 5.70. The fourth-order valence-corrected chi connectivity index (χ4v) is 4.48. The SMILES string of the molecule is CC(C)C1CCCC(N(C)C2CCCC2CN)CC1. The molecule has 2 heteroatoms. The molecule has 4 unspecified atom stereocenters. The van der Waals surface area contributed by atoms with Gasteiger partial charge in [0.05, 0.1) is 0 Å². The summed E-state index contributed by atoms with van der Waals surface area (Å²) in [7, 11) is 2.37. The summed E-state index contributed by atoms with van der Waals surface area (Å²) in [6.07, 6.45) is 11.3. The van der Waals surface area contributed by atoms with Gasteiger partial charge in [0.15, 0.2) is 0 Å². The molecule has 0 radical (unpaired) electrons. The molecule has 0 aromatic heterocycles. The van der Waals surface area contributed by atoms with Crippen LogP contribution in [0.15, 0.2) is 0 Å². The molecule has 2 saturated carbocycles. The molecule has 2 nitrogen and oxygen atoms in total. The van der Waals surface area contributed by atoms with Crippen LogP contribution in [0.3, 0.4) is 0 Å². The molecule has 0 bridgehead atoms. The summed E-state index contributed by atoms with van der Waals surface area (Å²) in [5.41, 5.74) is 5.96. The topological polar surface area (TPSA) is 29.3 Å². The third-order valence-electron chi connectivity index (χ3n) is 5.95. The number of nitrogens with two attached hydrogens (primary N) is 1. The summed E-state index contributed by atoms with van der Waals surface area (Å²) in [4.78, 5) is 2.72. The predicted molar refractivity (Wildman–Crippen MR) is 83.1 cm³/mol. The molecule has 0 amide bonds. The zero-order chi connectivity index (χ0) is 13.8. The number of hydrogen-bond acceptors (Lipinski definition) is 2. The Morgan fingerprint density at radius 1 is 1.00 bits per heavy atom. The molecule has 0 aliphatic heterocycles. The lowest BCUT2D eigenvalue weighted by atomic mass is 9.89. The van der Waals surface area contributed by atoms with E-state index in [-0.39, 0.29) is 0 Å². The van der Waals surface area contributed by atoms with Gasteiger partial charge in [-0.05, 0) is 63.5 Å². The minimum absolute atomic E-state index is 0.758. The highest BCUT2D eigenvalue weighted by atomic mass is 15.2. The van der Waals surface area contributed by atoms with Crippen LogP contribution in [0.5, 0.6) is 0 Å². The molecule has 4 atom stereocenters. The molecule has 0 spiro atoms. The fraction of sp³-hybridized carbons (Fsp3) is 1.00. The van der Waals surface area contributed by atoms with E-state index in [4.69, 9.17) is 5.73 Å². The number of nitrogens with zero attached hydrogens (tertiary/aromatic N) is 1. The highest BCUT2D eigenvalue weighted by Gasteiger charge is 2.33. The van der Waals surface area contributed by atoms with E-state index in [0.717, 1.165) is 36.4 Å². The van der Waals surface area contributed by atoms with Crippen LogP contribution in [0.25, 0.3) is 0 Å². The van der Waals surface area contributed by atoms with E-state index in [0.29, 0.717) is 0 Å². The highest BCUT2D eigenvalue weighted by molar-refractivity contribution is 4.88. The molecule has 0 aromatic rings. The summed E-state index contributed by atoms with van der Waals surface area (Å²) >= 11 is 0. The monoisotopic (exact) mass is 266 g/mol. The van der Waals surface area contributed by atoms with Crippen molar-refractivity contribution in [3.05, 3.63) is 0 Å². The largest absolute Gasteiger partial charge is 0.330 e. The van der Waals surface area contributed by atoms with E-state index in [2.05, 4.69) is 25.8 Å². The van der Waals surface area contributed by atoms with Crippen LogP contribution in [0, 0.1) is 17.8 Å². The Morgan fingerprint density at radius 3 is 2.42 bits per heavy atom. The van der Waals surface area contributed by atoms with Crippen molar-refractivity contribution in [1.29, 1.82) is 0 Å². The van der Waals surface area contributed by atoms with Gasteiger partial charge in [0, 0.05) is 12.1 Å². The lowest BCUT2D eigenvalue weighted by Gasteiger charge is -2.36. The molecular formula is C17H34N2. The minimum Gasteiger partial charge on any atom is -0.330 e. The van der Waals surface area contributed by atoms with Crippen LogP contribution in [0.2, 0.25) is 0 Å². The van der Waals surface area contributed by atoms with E-state index in [1.165, 1.54) is 51.4 Å². The summed E-state index contributed by atoms with van der Waals surface area (Å²) in [5, 5.41) is 0. The average molecular weight is 266 g/mol. The van der Waals surface area contributed by atoms with Crippen molar-refractivity contribution in [2.45, 2.75) is 77.3 Å². The third-order valence-corrected chi connectivity index (χ3v) is 5.95. The van der Waals surface area contributed by atoms with Crippen LogP contribution in [-0.2, 0) is 0 Å². The van der Waals surface area contributed by atoms with Gasteiger partial charge >= 0.3 is 0 Å². The summed E-state index contributed by atoms with van der Waals surface area (Å²) in [6.45, 7) is 5.68. The maximum atomic E-state index is 5.96. The van der Waals surface area contributed by atoms with Crippen LogP contribution in [-0.4, -0.2) is 30.6 Å². The first-order valence-corrected chi connectivity index (χ1v) is 8.55. The van der Waals surface area contributed by atoms with Crippen LogP contribution in [0.1, 0.15) is 65.2 Å². The Hall–Kier alpha value is -0.0800. The first-order valence-electron chi connectivity index (χ1n) is 8.55. The third kappa shape index (κ3) is 3.72. The van der Waals surface area contributed by atoms with Gasteiger partial charge in [-0.2, -0.15) is 0 Å². The minimum atomic E-state index is 0.758. The van der Waals surface area contributed by atoms with Crippen molar-refractivity contribution in [2.24, 2.45) is 23.5 Å². The molecule has 0 aromatic carbocycles. The van der Waals surface area contributed by atoms with Gasteiger partial charge < -0.3 is 10.6 Å². The van der Waals surface area contributed by atoms with E-state index < -0.39 is 0 Å². The second-order valence-corrected chi connectivity index (χ2v) is 7.33. The van der Waals surface area contributed by atoms with Gasteiger partial charge in [-0.1, -0.05) is 33.1 Å². The van der Waals surface area contributed by atoms with Gasteiger partial charge in [-0.3, -0.25) is 0 Å². The molecule has 2 aliphatic rings. The summed E-state index contributed by atoms with van der Waals surface area (Å²) in [6, 6.07) is 1.59. The van der Waals surface area contributed by atoms with Gasteiger partial charge in [0.25, 0.3) is 0 Å². The first-order chi connectivity index (χ1) is 9.13. The number of hydrogen-bond donors (Lipinski definition) is 1. The standard InChI is InChI=1S/C17H34N2/c1-13(2)14-6-4-8-16(11-10-14)19(3)17-9-5-7-15(17)12-18/h13-17H,4-12,18H2,1-3H3. The van der Waals surface area contributed by atoms with E-state index in [9.17, 15) is 0 Å². The quantitative estimate of drug-likeness (QED) is 0.787. The Bertz CT molecular complexity index is 264.